The Kier molecular flexibility index (Phi) is 7.00. The second kappa shape index (κ2) is 10.1. The van der Waals surface area contributed by atoms with Crippen molar-refractivity contribution in [2.24, 2.45) is 0 Å². The van der Waals surface area contributed by atoms with Crippen LogP contribution in [0.25, 0.3) is 0 Å². The van der Waals surface area contributed by atoms with Gasteiger partial charge in [-0.2, -0.15) is 10.4 Å². The van der Waals surface area contributed by atoms with E-state index >= 15 is 0 Å². The highest BCUT2D eigenvalue weighted by atomic mass is 35.5. The minimum absolute atomic E-state index is 0.0706. The first-order chi connectivity index (χ1) is 15.1. The number of halogens is 1. The molecule has 1 amide bonds. The zero-order chi connectivity index (χ0) is 21.6. The first-order valence-electron chi connectivity index (χ1n) is 10.8. The number of benzene rings is 1. The average molecular weight is 440 g/mol. The van der Waals surface area contributed by atoms with Crippen molar-refractivity contribution in [3.63, 3.8) is 0 Å². The van der Waals surface area contributed by atoms with E-state index < -0.39 is 0 Å². The first-order valence-corrected chi connectivity index (χ1v) is 11.2. The van der Waals surface area contributed by atoms with Crippen molar-refractivity contribution >= 4 is 17.5 Å². The average Bonchev–Trinajstić information content (AvgIpc) is 2.81. The summed E-state index contributed by atoms with van der Waals surface area (Å²) in [6, 6.07) is 11.0. The number of hydrogen-bond donors (Lipinski definition) is 2. The molecule has 1 saturated heterocycles. The van der Waals surface area contributed by atoms with Crippen molar-refractivity contribution in [2.75, 3.05) is 13.1 Å². The van der Waals surface area contributed by atoms with E-state index in [1.807, 2.05) is 12.1 Å². The van der Waals surface area contributed by atoms with Gasteiger partial charge in [-0.05, 0) is 75.9 Å². The molecule has 1 saturated carbocycles. The molecule has 8 heteroatoms. The van der Waals surface area contributed by atoms with E-state index in [-0.39, 0.29) is 18.1 Å². The van der Waals surface area contributed by atoms with Gasteiger partial charge in [0.15, 0.2) is 5.69 Å². The van der Waals surface area contributed by atoms with Gasteiger partial charge in [-0.25, -0.2) is 0 Å². The molecule has 7 nitrogen and oxygen atoms in total. The minimum atomic E-state index is -0.174. The quantitative estimate of drug-likeness (QED) is 0.738. The maximum Gasteiger partial charge on any atom is 0.272 e. The Labute approximate surface area is 187 Å². The smallest absolute Gasteiger partial charge is 0.272 e. The standard InChI is InChI=1S/C23H26ClN5O2/c24-20-13-19(4-1-16(20)14-25)31-18-5-2-17(3-6-18)27-23(30)22-8-7-21(28-29-22)15-9-11-26-12-10-15/h1,4,7-8,13,15,17-18,26H,2-3,5-6,9-12H2,(H,27,30)/t17-,18-. The zero-order valence-corrected chi connectivity index (χ0v) is 18.1. The zero-order valence-electron chi connectivity index (χ0n) is 17.3. The van der Waals surface area contributed by atoms with Crippen LogP contribution in [-0.4, -0.2) is 41.3 Å². The Balaban J connectivity index is 1.25. The molecule has 0 atom stereocenters. The summed E-state index contributed by atoms with van der Waals surface area (Å²) in [5, 5.41) is 24.3. The lowest BCUT2D eigenvalue weighted by atomic mass is 9.92. The van der Waals surface area contributed by atoms with Crippen molar-refractivity contribution in [2.45, 2.75) is 56.6 Å². The van der Waals surface area contributed by atoms with Crippen molar-refractivity contribution in [3.05, 3.63) is 52.3 Å². The van der Waals surface area contributed by atoms with Crippen LogP contribution >= 0.6 is 11.6 Å². The molecule has 2 aromatic rings. The third kappa shape index (κ3) is 5.52. The predicted octanol–water partition coefficient (Wildman–Crippen LogP) is 3.59. The van der Waals surface area contributed by atoms with Crippen LogP contribution in [0.2, 0.25) is 5.02 Å². The molecule has 31 heavy (non-hydrogen) atoms. The van der Waals surface area contributed by atoms with Crippen LogP contribution in [0, 0.1) is 11.3 Å². The molecular formula is C23H26ClN5O2. The number of aromatic nitrogens is 2. The summed E-state index contributed by atoms with van der Waals surface area (Å²) < 4.78 is 6.01. The highest BCUT2D eigenvalue weighted by Gasteiger charge is 2.25. The number of carbonyl (C=O) groups excluding carboxylic acids is 1. The fourth-order valence-corrected chi connectivity index (χ4v) is 4.45. The van der Waals surface area contributed by atoms with Gasteiger partial charge in [0.2, 0.25) is 0 Å². The second-order valence-electron chi connectivity index (χ2n) is 8.19. The van der Waals surface area contributed by atoms with Gasteiger partial charge in [0.25, 0.3) is 5.91 Å². The summed E-state index contributed by atoms with van der Waals surface area (Å²) in [4.78, 5) is 12.6. The molecule has 1 aromatic carbocycles. The van der Waals surface area contributed by atoms with Crippen LogP contribution < -0.4 is 15.4 Å². The van der Waals surface area contributed by atoms with Crippen molar-refractivity contribution in [1.29, 1.82) is 5.26 Å². The second-order valence-corrected chi connectivity index (χ2v) is 8.59. The van der Waals surface area contributed by atoms with E-state index in [9.17, 15) is 4.79 Å². The molecule has 1 aliphatic heterocycles. The summed E-state index contributed by atoms with van der Waals surface area (Å²) in [5.74, 6) is 0.917. The lowest BCUT2D eigenvalue weighted by Crippen LogP contribution is -2.40. The number of nitrogens with zero attached hydrogens (tertiary/aromatic N) is 3. The lowest BCUT2D eigenvalue weighted by Gasteiger charge is -2.29. The Morgan fingerprint density at radius 2 is 1.87 bits per heavy atom. The first kappa shape index (κ1) is 21.5. The third-order valence-electron chi connectivity index (χ3n) is 6.05. The van der Waals surface area contributed by atoms with Gasteiger partial charge in [-0.1, -0.05) is 11.6 Å². The van der Waals surface area contributed by atoms with Crippen molar-refractivity contribution in [3.8, 4) is 11.8 Å². The fraction of sp³-hybridized carbons (Fsp3) is 0.478. The van der Waals surface area contributed by atoms with Gasteiger partial charge < -0.3 is 15.4 Å². The largest absolute Gasteiger partial charge is 0.490 e. The maximum absolute atomic E-state index is 12.6. The van der Waals surface area contributed by atoms with E-state index in [0.717, 1.165) is 57.3 Å². The topological polar surface area (TPSA) is 99.9 Å². The van der Waals surface area contributed by atoms with Gasteiger partial charge in [0, 0.05) is 18.0 Å². The third-order valence-corrected chi connectivity index (χ3v) is 6.36. The van der Waals surface area contributed by atoms with E-state index in [1.165, 1.54) is 0 Å². The normalized spacial score (nSPS) is 21.8. The summed E-state index contributed by atoms with van der Waals surface area (Å²) in [6.07, 6.45) is 5.52. The molecule has 0 radical (unpaired) electrons. The summed E-state index contributed by atoms with van der Waals surface area (Å²) in [5.41, 5.74) is 1.77. The number of ether oxygens (including phenoxy) is 1. The Bertz CT molecular complexity index is 945. The van der Waals surface area contributed by atoms with E-state index in [4.69, 9.17) is 21.6 Å². The number of amides is 1. The van der Waals surface area contributed by atoms with Gasteiger partial charge in [-0.15, -0.1) is 5.10 Å². The Hall–Kier alpha value is -2.69. The van der Waals surface area contributed by atoms with Crippen LogP contribution in [0.5, 0.6) is 5.75 Å². The molecule has 0 spiro atoms. The van der Waals surface area contributed by atoms with Crippen LogP contribution in [0.4, 0.5) is 0 Å². The predicted molar refractivity (Wildman–Crippen MR) is 117 cm³/mol. The number of nitriles is 1. The molecule has 0 bridgehead atoms. The number of carbonyl (C=O) groups is 1. The highest BCUT2D eigenvalue weighted by Crippen LogP contribution is 2.27. The molecule has 0 unspecified atom stereocenters. The molecule has 2 N–H and O–H groups in total. The molecule has 162 valence electrons. The van der Waals surface area contributed by atoms with Crippen molar-refractivity contribution < 1.29 is 9.53 Å². The van der Waals surface area contributed by atoms with Crippen LogP contribution in [0.15, 0.2) is 30.3 Å². The fourth-order valence-electron chi connectivity index (χ4n) is 4.24. The molecule has 1 aromatic heterocycles. The maximum atomic E-state index is 12.6. The van der Waals surface area contributed by atoms with Gasteiger partial charge in [0.05, 0.1) is 22.4 Å². The minimum Gasteiger partial charge on any atom is -0.490 e. The number of rotatable bonds is 5. The van der Waals surface area contributed by atoms with Gasteiger partial charge in [-0.3, -0.25) is 4.79 Å². The van der Waals surface area contributed by atoms with Gasteiger partial charge >= 0.3 is 0 Å². The SMILES string of the molecule is N#Cc1ccc(O[C@H]2CC[C@H](NC(=O)c3ccc(C4CCNCC4)nn3)CC2)cc1Cl. The Morgan fingerprint density at radius 3 is 2.52 bits per heavy atom. The van der Waals surface area contributed by atoms with Crippen LogP contribution in [-0.2, 0) is 0 Å². The molecule has 1 aliphatic carbocycles. The summed E-state index contributed by atoms with van der Waals surface area (Å²) in [7, 11) is 0. The van der Waals surface area contributed by atoms with E-state index in [2.05, 4.69) is 20.8 Å². The highest BCUT2D eigenvalue weighted by molar-refractivity contribution is 6.31. The number of nitrogens with one attached hydrogen (secondary N) is 2. The van der Waals surface area contributed by atoms with Gasteiger partial charge in [0.1, 0.15) is 11.8 Å². The van der Waals surface area contributed by atoms with E-state index in [0.29, 0.717) is 27.9 Å². The summed E-state index contributed by atoms with van der Waals surface area (Å²) >= 11 is 6.08. The van der Waals surface area contributed by atoms with Crippen molar-refractivity contribution in [1.82, 2.24) is 20.8 Å². The van der Waals surface area contributed by atoms with E-state index in [1.54, 1.807) is 24.3 Å². The molecule has 2 fully saturated rings. The molecular weight excluding hydrogens is 414 g/mol. The number of hydrogen-bond acceptors (Lipinski definition) is 6. The molecule has 2 aliphatic rings. The monoisotopic (exact) mass is 439 g/mol. The molecule has 2 heterocycles. The number of piperidine rings is 1. The lowest BCUT2D eigenvalue weighted by molar-refractivity contribution is 0.0888. The van der Waals surface area contributed by atoms with Crippen LogP contribution in [0.3, 0.4) is 0 Å². The molecule has 4 rings (SSSR count). The Morgan fingerprint density at radius 1 is 1.10 bits per heavy atom. The van der Waals surface area contributed by atoms with Crippen LogP contribution in [0.1, 0.15) is 66.2 Å². The summed E-state index contributed by atoms with van der Waals surface area (Å²) in [6.45, 7) is 2.00.